The van der Waals surface area contributed by atoms with Gasteiger partial charge in [-0.3, -0.25) is 0 Å². The second-order valence-electron chi connectivity index (χ2n) is 7.32. The van der Waals surface area contributed by atoms with Crippen LogP contribution in [0.5, 0.6) is 0 Å². The van der Waals surface area contributed by atoms with Crippen molar-refractivity contribution in [1.82, 2.24) is 0 Å². The lowest BCUT2D eigenvalue weighted by molar-refractivity contribution is -0.149. The molecule has 0 unspecified atom stereocenters. The van der Waals surface area contributed by atoms with Crippen molar-refractivity contribution in [3.63, 3.8) is 0 Å². The minimum absolute atomic E-state index is 0.0243. The first-order chi connectivity index (χ1) is 14.3. The summed E-state index contributed by atoms with van der Waals surface area (Å²) >= 11 is 0. The van der Waals surface area contributed by atoms with Crippen LogP contribution >= 0.6 is 0 Å². The van der Waals surface area contributed by atoms with Crippen LogP contribution in [-0.2, 0) is 34.0 Å². The first kappa shape index (κ1) is 21.4. The summed E-state index contributed by atoms with van der Waals surface area (Å²) in [5.41, 5.74) is 5.04. The van der Waals surface area contributed by atoms with E-state index in [1.165, 1.54) is 0 Å². The number of cyclic esters (lactones) is 1. The van der Waals surface area contributed by atoms with Gasteiger partial charge in [0.1, 0.15) is 22.7 Å². The zero-order valence-corrected chi connectivity index (χ0v) is 17.5. The molecule has 0 fully saturated rings. The highest BCUT2D eigenvalue weighted by Gasteiger charge is 2.63. The molecule has 2 aliphatic rings. The van der Waals surface area contributed by atoms with Crippen LogP contribution in [-0.4, -0.2) is 30.6 Å². The fourth-order valence-corrected chi connectivity index (χ4v) is 3.90. The van der Waals surface area contributed by atoms with E-state index in [4.69, 9.17) is 19.9 Å². The molecule has 8 nitrogen and oxygen atoms in total. The molecule has 0 amide bonds. The molecule has 30 heavy (non-hydrogen) atoms. The third-order valence-electron chi connectivity index (χ3n) is 4.92. The van der Waals surface area contributed by atoms with E-state index in [9.17, 15) is 14.4 Å². The average Bonchev–Trinajstić information content (AvgIpc) is 2.94. The van der Waals surface area contributed by atoms with Crippen molar-refractivity contribution in [3.05, 3.63) is 52.6 Å². The number of ether oxygens (including phenoxy) is 3. The summed E-state index contributed by atoms with van der Waals surface area (Å²) in [6.45, 7) is 7.02. The number of nitrogens with one attached hydrogen (secondary N) is 1. The monoisotopic (exact) mass is 414 g/mol. The van der Waals surface area contributed by atoms with E-state index >= 15 is 0 Å². The molecule has 0 bridgehead atoms. The Labute approximate surface area is 175 Å². The van der Waals surface area contributed by atoms with Crippen molar-refractivity contribution in [3.8, 4) is 0 Å². The van der Waals surface area contributed by atoms with Crippen LogP contribution in [0.4, 0.5) is 5.69 Å². The van der Waals surface area contributed by atoms with E-state index in [1.54, 1.807) is 45.0 Å². The smallest absolute Gasteiger partial charge is 0.339 e. The molecular formula is C22H26N2O6. The third kappa shape index (κ3) is 3.22. The van der Waals surface area contributed by atoms with Crippen LogP contribution in [0.15, 0.2) is 47.0 Å². The maximum absolute atomic E-state index is 13.5. The highest BCUT2D eigenvalue weighted by Crippen LogP contribution is 2.53. The molecule has 2 aliphatic heterocycles. The lowest BCUT2D eigenvalue weighted by atomic mass is 9.66. The highest BCUT2D eigenvalue weighted by molar-refractivity contribution is 6.16. The highest BCUT2D eigenvalue weighted by atomic mass is 16.6. The van der Waals surface area contributed by atoms with Gasteiger partial charge in [-0.05, 0) is 33.3 Å². The normalized spacial score (nSPS) is 20.2. The quantitative estimate of drug-likeness (QED) is 0.539. The fraction of sp³-hybridized carbons (Fsp3) is 0.409. The van der Waals surface area contributed by atoms with Gasteiger partial charge in [0.15, 0.2) is 5.41 Å². The molecule has 1 atom stereocenters. The number of hydrogen-bond donors (Lipinski definition) is 2. The SMILES string of the molecule is CCCC1=C(C(=O)OCC)[C@@]2(C(=O)O1)C(C(=O)OC(C)C)=C(N)Nc1ccccc12. The van der Waals surface area contributed by atoms with Crippen molar-refractivity contribution in [1.29, 1.82) is 0 Å². The van der Waals surface area contributed by atoms with Crippen LogP contribution in [0.1, 0.15) is 46.1 Å². The van der Waals surface area contributed by atoms with E-state index < -0.39 is 29.4 Å². The Hall–Kier alpha value is -3.29. The summed E-state index contributed by atoms with van der Waals surface area (Å²) in [6.07, 6.45) is 0.477. The van der Waals surface area contributed by atoms with Crippen LogP contribution in [0.25, 0.3) is 0 Å². The maximum Gasteiger partial charge on any atom is 0.339 e. The molecular weight excluding hydrogens is 388 g/mol. The van der Waals surface area contributed by atoms with Crippen LogP contribution in [0.2, 0.25) is 0 Å². The number of rotatable bonds is 6. The van der Waals surface area contributed by atoms with E-state index in [0.29, 0.717) is 24.1 Å². The summed E-state index contributed by atoms with van der Waals surface area (Å²) in [7, 11) is 0. The average molecular weight is 414 g/mol. The predicted octanol–water partition coefficient (Wildman–Crippen LogP) is 2.65. The van der Waals surface area contributed by atoms with E-state index in [-0.39, 0.29) is 29.3 Å². The molecule has 2 heterocycles. The number of para-hydroxylation sites is 1. The van der Waals surface area contributed by atoms with Gasteiger partial charge in [0.25, 0.3) is 0 Å². The first-order valence-corrected chi connectivity index (χ1v) is 9.99. The topological polar surface area (TPSA) is 117 Å². The van der Waals surface area contributed by atoms with Gasteiger partial charge in [-0.15, -0.1) is 0 Å². The lowest BCUT2D eigenvalue weighted by Gasteiger charge is -2.36. The van der Waals surface area contributed by atoms with Crippen LogP contribution in [0.3, 0.4) is 0 Å². The maximum atomic E-state index is 13.5. The van der Waals surface area contributed by atoms with Gasteiger partial charge in [0.05, 0.1) is 12.7 Å². The second-order valence-corrected chi connectivity index (χ2v) is 7.32. The Morgan fingerprint density at radius 2 is 1.87 bits per heavy atom. The minimum atomic E-state index is -1.87. The number of carbonyl (C=O) groups excluding carboxylic acids is 3. The predicted molar refractivity (Wildman–Crippen MR) is 109 cm³/mol. The minimum Gasteiger partial charge on any atom is -0.462 e. The summed E-state index contributed by atoms with van der Waals surface area (Å²) in [5, 5.41) is 2.95. The zero-order chi connectivity index (χ0) is 22.1. The summed E-state index contributed by atoms with van der Waals surface area (Å²) in [4.78, 5) is 39.7. The Balaban J connectivity index is 2.38. The zero-order valence-electron chi connectivity index (χ0n) is 17.5. The molecule has 1 aromatic rings. The number of esters is 3. The Morgan fingerprint density at radius 1 is 1.17 bits per heavy atom. The van der Waals surface area contributed by atoms with E-state index in [0.717, 1.165) is 0 Å². The van der Waals surface area contributed by atoms with Crippen molar-refractivity contribution < 1.29 is 28.6 Å². The summed E-state index contributed by atoms with van der Waals surface area (Å²) in [5.74, 6) is -2.20. The number of allylic oxidation sites excluding steroid dienone is 1. The second kappa shape index (κ2) is 8.22. The van der Waals surface area contributed by atoms with Gasteiger partial charge in [-0.2, -0.15) is 0 Å². The molecule has 0 saturated carbocycles. The van der Waals surface area contributed by atoms with Gasteiger partial charge in [-0.25, -0.2) is 14.4 Å². The molecule has 3 N–H and O–H groups in total. The van der Waals surface area contributed by atoms with Gasteiger partial charge >= 0.3 is 17.9 Å². The van der Waals surface area contributed by atoms with E-state index in [1.807, 2.05) is 6.92 Å². The van der Waals surface area contributed by atoms with Gasteiger partial charge < -0.3 is 25.3 Å². The molecule has 1 aromatic carbocycles. The molecule has 0 aliphatic carbocycles. The van der Waals surface area contributed by atoms with Gasteiger partial charge in [-0.1, -0.05) is 25.1 Å². The van der Waals surface area contributed by atoms with Crippen molar-refractivity contribution in [2.45, 2.75) is 52.1 Å². The van der Waals surface area contributed by atoms with E-state index in [2.05, 4.69) is 5.32 Å². The molecule has 0 saturated heterocycles. The molecule has 3 rings (SSSR count). The molecule has 8 heteroatoms. The number of anilines is 1. The summed E-state index contributed by atoms with van der Waals surface area (Å²) < 4.78 is 16.2. The molecule has 0 radical (unpaired) electrons. The van der Waals surface area contributed by atoms with Crippen molar-refractivity contribution >= 4 is 23.6 Å². The number of nitrogens with two attached hydrogens (primary N) is 1. The first-order valence-electron chi connectivity index (χ1n) is 9.99. The number of carbonyl (C=O) groups is 3. The number of benzene rings is 1. The standard InChI is InChI=1S/C22H26N2O6/c1-5-9-15-16(19(25)28-6-2)22(21(27)30-15)13-10-7-8-11-14(13)24-18(23)17(22)20(26)29-12(3)4/h7-8,10-12,24H,5-6,9,23H2,1-4H3/t22-/m1/s1. The third-order valence-corrected chi connectivity index (χ3v) is 4.92. The number of fused-ring (bicyclic) bond motifs is 2. The van der Waals surface area contributed by atoms with Crippen molar-refractivity contribution in [2.24, 2.45) is 5.73 Å². The Morgan fingerprint density at radius 3 is 2.50 bits per heavy atom. The molecule has 1 spiro atoms. The molecule has 160 valence electrons. The summed E-state index contributed by atoms with van der Waals surface area (Å²) in [6, 6.07) is 6.84. The largest absolute Gasteiger partial charge is 0.462 e. The van der Waals surface area contributed by atoms with Gasteiger partial charge in [0, 0.05) is 17.7 Å². The van der Waals surface area contributed by atoms with Gasteiger partial charge in [0.2, 0.25) is 0 Å². The Kier molecular flexibility index (Phi) is 5.87. The van der Waals surface area contributed by atoms with Crippen LogP contribution in [0, 0.1) is 0 Å². The lowest BCUT2D eigenvalue weighted by Crippen LogP contribution is -2.48. The van der Waals surface area contributed by atoms with Crippen molar-refractivity contribution in [2.75, 3.05) is 11.9 Å². The van der Waals surface area contributed by atoms with Crippen LogP contribution < -0.4 is 11.1 Å². The number of hydrogen-bond acceptors (Lipinski definition) is 8. The Bertz CT molecular complexity index is 962. The molecule has 0 aromatic heterocycles. The fourth-order valence-electron chi connectivity index (χ4n) is 3.90.